The van der Waals surface area contributed by atoms with Gasteiger partial charge in [-0.2, -0.15) is 0 Å². The Balaban J connectivity index is 2.15. The van der Waals surface area contributed by atoms with Crippen molar-refractivity contribution in [2.75, 3.05) is 13.2 Å². The van der Waals surface area contributed by atoms with Crippen molar-refractivity contribution >= 4 is 0 Å². The molecule has 1 aliphatic heterocycles. The molecule has 2 N–H and O–H groups in total. The molecule has 1 fully saturated rings. The van der Waals surface area contributed by atoms with Crippen LogP contribution in [0.15, 0.2) is 24.3 Å². The average Bonchev–Trinajstić information content (AvgIpc) is 2.39. The summed E-state index contributed by atoms with van der Waals surface area (Å²) in [5.41, 5.74) is 6.71. The second kappa shape index (κ2) is 5.56. The molecule has 1 saturated heterocycles. The van der Waals surface area contributed by atoms with Crippen LogP contribution >= 0.6 is 0 Å². The van der Waals surface area contributed by atoms with E-state index in [1.807, 2.05) is 0 Å². The van der Waals surface area contributed by atoms with Crippen molar-refractivity contribution in [3.63, 3.8) is 0 Å². The summed E-state index contributed by atoms with van der Waals surface area (Å²) in [6.07, 6.45) is -0.396. The van der Waals surface area contributed by atoms with Gasteiger partial charge in [-0.15, -0.1) is 0 Å². The third kappa shape index (κ3) is 2.82. The lowest BCUT2D eigenvalue weighted by Gasteiger charge is -2.31. The largest absolute Gasteiger partial charge is 0.373 e. The van der Waals surface area contributed by atoms with Gasteiger partial charge in [0, 0.05) is 18.1 Å². The molecular weight excluding hydrogens is 224 g/mol. The summed E-state index contributed by atoms with van der Waals surface area (Å²) in [5.74, 6) is 0.293. The molecule has 2 nitrogen and oxygen atoms in total. The molecule has 0 bridgehead atoms. The van der Waals surface area contributed by atoms with Crippen molar-refractivity contribution < 1.29 is 13.5 Å². The van der Waals surface area contributed by atoms with Crippen molar-refractivity contribution in [2.24, 2.45) is 11.7 Å². The Labute approximate surface area is 99.8 Å². The van der Waals surface area contributed by atoms with Crippen LogP contribution in [0.2, 0.25) is 0 Å². The zero-order chi connectivity index (χ0) is 12.3. The van der Waals surface area contributed by atoms with Crippen molar-refractivity contribution in [3.8, 4) is 0 Å². The molecule has 2 atom stereocenters. The fraction of sp³-hybridized carbons (Fsp3) is 0.538. The van der Waals surface area contributed by atoms with E-state index in [4.69, 9.17) is 10.5 Å². The Morgan fingerprint density at radius 2 is 2.00 bits per heavy atom. The summed E-state index contributed by atoms with van der Waals surface area (Å²) >= 11 is 0. The summed E-state index contributed by atoms with van der Waals surface area (Å²) in [4.78, 5) is 0. The molecule has 94 valence electrons. The molecule has 0 aromatic heterocycles. The number of alkyl halides is 2. The maximum absolute atomic E-state index is 12.4. The Kier molecular flexibility index (Phi) is 4.07. The van der Waals surface area contributed by atoms with Crippen LogP contribution in [0.4, 0.5) is 8.78 Å². The van der Waals surface area contributed by atoms with E-state index in [0.29, 0.717) is 12.5 Å². The zero-order valence-electron chi connectivity index (χ0n) is 9.61. The standard InChI is InChI=1S/C13H17F2NO/c14-13(15)10-5-3-9(4-6-10)12-11(8-16)2-1-7-17-12/h3-6,11-13H,1-2,7-8,16H2. The molecule has 0 radical (unpaired) electrons. The highest BCUT2D eigenvalue weighted by Crippen LogP contribution is 2.33. The van der Waals surface area contributed by atoms with E-state index in [9.17, 15) is 8.78 Å². The van der Waals surface area contributed by atoms with E-state index in [-0.39, 0.29) is 11.7 Å². The molecule has 1 aromatic carbocycles. The lowest BCUT2D eigenvalue weighted by Crippen LogP contribution is -2.28. The fourth-order valence-corrected chi connectivity index (χ4v) is 2.28. The van der Waals surface area contributed by atoms with Crippen LogP contribution in [0, 0.1) is 5.92 Å². The normalized spacial score (nSPS) is 25.2. The second-order valence-corrected chi connectivity index (χ2v) is 4.40. The number of hydrogen-bond acceptors (Lipinski definition) is 2. The van der Waals surface area contributed by atoms with Crippen LogP contribution in [0.25, 0.3) is 0 Å². The van der Waals surface area contributed by atoms with Crippen molar-refractivity contribution in [1.82, 2.24) is 0 Å². The number of hydrogen-bond donors (Lipinski definition) is 1. The quantitative estimate of drug-likeness (QED) is 0.882. The lowest BCUT2D eigenvalue weighted by atomic mass is 9.89. The van der Waals surface area contributed by atoms with Gasteiger partial charge in [0.2, 0.25) is 0 Å². The van der Waals surface area contributed by atoms with E-state index < -0.39 is 6.43 Å². The van der Waals surface area contributed by atoms with Crippen molar-refractivity contribution in [2.45, 2.75) is 25.4 Å². The first kappa shape index (κ1) is 12.5. The summed E-state index contributed by atoms with van der Waals surface area (Å²) in [7, 11) is 0. The number of nitrogens with two attached hydrogens (primary N) is 1. The third-order valence-corrected chi connectivity index (χ3v) is 3.26. The molecule has 1 heterocycles. The van der Waals surface area contributed by atoms with Gasteiger partial charge < -0.3 is 10.5 Å². The Morgan fingerprint density at radius 1 is 1.29 bits per heavy atom. The van der Waals surface area contributed by atoms with Crippen LogP contribution in [-0.2, 0) is 4.74 Å². The van der Waals surface area contributed by atoms with Crippen molar-refractivity contribution in [3.05, 3.63) is 35.4 Å². The van der Waals surface area contributed by atoms with E-state index in [1.165, 1.54) is 12.1 Å². The SMILES string of the molecule is NCC1CCCOC1c1ccc(C(F)F)cc1. The fourth-order valence-electron chi connectivity index (χ4n) is 2.28. The van der Waals surface area contributed by atoms with Gasteiger partial charge in [-0.1, -0.05) is 24.3 Å². The monoisotopic (exact) mass is 241 g/mol. The van der Waals surface area contributed by atoms with Gasteiger partial charge in [-0.3, -0.25) is 0 Å². The molecule has 1 aromatic rings. The summed E-state index contributed by atoms with van der Waals surface area (Å²) in [5, 5.41) is 0. The number of halogens is 2. The summed E-state index contributed by atoms with van der Waals surface area (Å²) < 4.78 is 30.6. The predicted molar refractivity (Wildman–Crippen MR) is 61.9 cm³/mol. The van der Waals surface area contributed by atoms with Crippen LogP contribution in [0.3, 0.4) is 0 Å². The first-order valence-electron chi connectivity index (χ1n) is 5.92. The smallest absolute Gasteiger partial charge is 0.263 e. The number of ether oxygens (including phenoxy) is 1. The van der Waals surface area contributed by atoms with Crippen LogP contribution < -0.4 is 5.73 Å². The van der Waals surface area contributed by atoms with E-state index >= 15 is 0 Å². The minimum atomic E-state index is -2.42. The number of benzene rings is 1. The molecule has 0 spiro atoms. The Morgan fingerprint density at radius 3 is 2.59 bits per heavy atom. The summed E-state index contributed by atoms with van der Waals surface area (Å²) in [6.45, 7) is 1.29. The first-order valence-corrected chi connectivity index (χ1v) is 5.92. The van der Waals surface area contributed by atoms with Crippen LogP contribution in [0.5, 0.6) is 0 Å². The van der Waals surface area contributed by atoms with Crippen LogP contribution in [-0.4, -0.2) is 13.2 Å². The molecule has 2 unspecified atom stereocenters. The summed E-state index contributed by atoms with van der Waals surface area (Å²) in [6, 6.07) is 6.37. The minimum Gasteiger partial charge on any atom is -0.373 e. The average molecular weight is 241 g/mol. The van der Waals surface area contributed by atoms with E-state index in [2.05, 4.69) is 0 Å². The predicted octanol–water partition coefficient (Wildman–Crippen LogP) is 3.05. The van der Waals surface area contributed by atoms with E-state index in [0.717, 1.165) is 25.0 Å². The Bertz CT molecular complexity index is 353. The van der Waals surface area contributed by atoms with Gasteiger partial charge >= 0.3 is 0 Å². The molecule has 17 heavy (non-hydrogen) atoms. The maximum Gasteiger partial charge on any atom is 0.263 e. The van der Waals surface area contributed by atoms with Gasteiger partial charge in [0.05, 0.1) is 6.10 Å². The highest BCUT2D eigenvalue weighted by Gasteiger charge is 2.26. The highest BCUT2D eigenvalue weighted by molar-refractivity contribution is 5.25. The van der Waals surface area contributed by atoms with Gasteiger partial charge in [0.1, 0.15) is 0 Å². The minimum absolute atomic E-state index is 0.0412. The zero-order valence-corrected chi connectivity index (χ0v) is 9.61. The molecule has 0 aliphatic carbocycles. The topological polar surface area (TPSA) is 35.2 Å². The van der Waals surface area contributed by atoms with Gasteiger partial charge in [0.15, 0.2) is 0 Å². The van der Waals surface area contributed by atoms with Gasteiger partial charge in [-0.25, -0.2) is 8.78 Å². The van der Waals surface area contributed by atoms with Crippen LogP contribution in [0.1, 0.15) is 36.5 Å². The second-order valence-electron chi connectivity index (χ2n) is 4.40. The van der Waals surface area contributed by atoms with Gasteiger partial charge in [-0.05, 0) is 24.9 Å². The van der Waals surface area contributed by atoms with Gasteiger partial charge in [0.25, 0.3) is 6.43 Å². The lowest BCUT2D eigenvalue weighted by molar-refractivity contribution is -0.0252. The third-order valence-electron chi connectivity index (χ3n) is 3.26. The molecular formula is C13H17F2NO. The maximum atomic E-state index is 12.4. The molecule has 4 heteroatoms. The van der Waals surface area contributed by atoms with E-state index in [1.54, 1.807) is 12.1 Å². The van der Waals surface area contributed by atoms with Crippen molar-refractivity contribution in [1.29, 1.82) is 0 Å². The Hall–Kier alpha value is -1.00. The molecule has 1 aliphatic rings. The molecule has 0 saturated carbocycles. The first-order chi connectivity index (χ1) is 8.22. The molecule has 2 rings (SSSR count). The molecule has 0 amide bonds. The number of rotatable bonds is 3. The highest BCUT2D eigenvalue weighted by atomic mass is 19.3.